The summed E-state index contributed by atoms with van der Waals surface area (Å²) in [6, 6.07) is 68.7. The van der Waals surface area contributed by atoms with Crippen molar-refractivity contribution in [2.24, 2.45) is 0 Å². The van der Waals surface area contributed by atoms with Gasteiger partial charge in [0.1, 0.15) is 55.4 Å². The zero-order valence-electron chi connectivity index (χ0n) is 52.4. The fourth-order valence-corrected chi connectivity index (χ4v) is 11.6. The molecule has 0 saturated carbocycles. The van der Waals surface area contributed by atoms with Crippen molar-refractivity contribution in [2.75, 3.05) is 6.61 Å². The van der Waals surface area contributed by atoms with Gasteiger partial charge in [-0.3, -0.25) is 9.59 Å². The van der Waals surface area contributed by atoms with Crippen molar-refractivity contribution < 1.29 is 75.9 Å². The number of unbranched alkanes of at least 4 members (excludes halogenated alkanes) is 2. The van der Waals surface area contributed by atoms with Gasteiger partial charge in [-0.05, 0) is 72.6 Å². The van der Waals surface area contributed by atoms with Crippen LogP contribution in [-0.2, 0) is 122 Å². The maximum absolute atomic E-state index is 13.4. The summed E-state index contributed by atoms with van der Waals surface area (Å²) in [6.07, 6.45) is -11.7. The smallest absolute Gasteiger partial charge is 0.306 e. The second-order valence-electron chi connectivity index (χ2n) is 23.3. The van der Waals surface area contributed by atoms with Crippen LogP contribution in [0.15, 0.2) is 212 Å². The number of rotatable bonds is 32. The minimum absolute atomic E-state index is 0.102. The summed E-state index contributed by atoms with van der Waals surface area (Å²) >= 11 is 0. The molecule has 10 rings (SSSR count). The lowest BCUT2D eigenvalue weighted by atomic mass is 9.95. The van der Waals surface area contributed by atoms with Gasteiger partial charge in [0.2, 0.25) is 0 Å². The van der Waals surface area contributed by atoms with Crippen molar-refractivity contribution in [3.05, 3.63) is 251 Å². The predicted octanol–water partition coefficient (Wildman–Crippen LogP) is 12.8. The van der Waals surface area contributed by atoms with Crippen LogP contribution in [-0.4, -0.2) is 111 Å². The Hall–Kier alpha value is -7.00. The van der Waals surface area contributed by atoms with Crippen LogP contribution in [0.2, 0.25) is 0 Å². The minimum Gasteiger partial charge on any atom is -0.461 e. The van der Waals surface area contributed by atoms with Crippen LogP contribution in [0.3, 0.4) is 0 Å². The van der Waals surface area contributed by atoms with Gasteiger partial charge in [0.05, 0.1) is 58.0 Å². The van der Waals surface area contributed by atoms with Gasteiger partial charge >= 0.3 is 11.9 Å². The predicted molar refractivity (Wildman–Crippen MR) is 339 cm³/mol. The Morgan fingerprint density at radius 2 is 0.626 bits per heavy atom. The van der Waals surface area contributed by atoms with Crippen molar-refractivity contribution in [2.45, 2.75) is 192 Å². The van der Waals surface area contributed by atoms with Crippen LogP contribution in [0, 0.1) is 0 Å². The van der Waals surface area contributed by atoms with E-state index in [2.05, 4.69) is 0 Å². The molecule has 16 heteroatoms. The molecule has 0 aliphatic carbocycles. The Morgan fingerprint density at radius 3 is 1.01 bits per heavy atom. The van der Waals surface area contributed by atoms with Crippen LogP contribution in [0.1, 0.15) is 92.3 Å². The van der Waals surface area contributed by atoms with Crippen molar-refractivity contribution in [3.63, 3.8) is 0 Å². The highest BCUT2D eigenvalue weighted by Crippen LogP contribution is 2.39. The molecule has 3 aliphatic heterocycles. The molecule has 0 bridgehead atoms. The molecule has 0 spiro atoms. The molecule has 0 aromatic heterocycles. The average molecular weight is 1240 g/mol. The quantitative estimate of drug-likeness (QED) is 0.0289. The number of ether oxygens (including phenoxy) is 14. The Kier molecular flexibility index (Phi) is 25.8. The number of esters is 2. The SMILES string of the molecule is CC(=O)O[C@@H]1[C@@H](OCc2ccccc2)[C@H](C)O[C@@H](O[C@@H]2[C@@H](OCc3ccccc3)[C@H](C)O[C@@H](O[C@H]3[C@@H](OCCCCCC(=O)OCc4ccccc4)O[C@@H](C)[C@H](OCc4ccccc4)[C@H]3OCc3ccccc3)[C@@H]2OCc2ccccc2)[C@@H]1OCc1ccccc1. The molecule has 16 nitrogen and oxygen atoms in total. The number of carbonyl (C=O) groups is 2. The second-order valence-corrected chi connectivity index (χ2v) is 23.3. The fraction of sp³-hybridized carbons (Fsp3) is 0.413. The third-order valence-electron chi connectivity index (χ3n) is 16.3. The summed E-state index contributed by atoms with van der Waals surface area (Å²) in [7, 11) is 0. The maximum Gasteiger partial charge on any atom is 0.306 e. The third kappa shape index (κ3) is 20.0. The molecule has 3 saturated heterocycles. The van der Waals surface area contributed by atoms with Gasteiger partial charge in [-0.2, -0.15) is 0 Å². The Balaban J connectivity index is 0.997. The lowest BCUT2D eigenvalue weighted by Gasteiger charge is -2.51. The van der Waals surface area contributed by atoms with Crippen molar-refractivity contribution >= 4 is 11.9 Å². The maximum atomic E-state index is 13.4. The Morgan fingerprint density at radius 1 is 0.319 bits per heavy atom. The van der Waals surface area contributed by atoms with Gasteiger partial charge in [-0.15, -0.1) is 0 Å². The molecule has 15 atom stereocenters. The monoisotopic (exact) mass is 1240 g/mol. The molecular weight excluding hydrogens is 1160 g/mol. The lowest BCUT2D eigenvalue weighted by molar-refractivity contribution is -0.393. The van der Waals surface area contributed by atoms with Crippen LogP contribution >= 0.6 is 0 Å². The van der Waals surface area contributed by atoms with Crippen LogP contribution in [0.5, 0.6) is 0 Å². The molecule has 0 amide bonds. The molecule has 0 radical (unpaired) electrons. The van der Waals surface area contributed by atoms with E-state index in [1.807, 2.05) is 233 Å². The topological polar surface area (TPSA) is 163 Å². The number of hydrogen-bond donors (Lipinski definition) is 0. The Labute approximate surface area is 535 Å². The number of hydrogen-bond acceptors (Lipinski definition) is 16. The van der Waals surface area contributed by atoms with Gasteiger partial charge in [-0.1, -0.05) is 219 Å². The summed E-state index contributed by atoms with van der Waals surface area (Å²) < 4.78 is 96.5. The highest BCUT2D eigenvalue weighted by Gasteiger charge is 2.56. The number of carbonyl (C=O) groups excluding carboxylic acids is 2. The first kappa shape index (κ1) is 66.9. The van der Waals surface area contributed by atoms with Gasteiger partial charge in [-0.25, -0.2) is 0 Å². The largest absolute Gasteiger partial charge is 0.461 e. The lowest BCUT2D eigenvalue weighted by Crippen LogP contribution is -2.67. The van der Waals surface area contributed by atoms with E-state index in [4.69, 9.17) is 66.3 Å². The highest BCUT2D eigenvalue weighted by molar-refractivity contribution is 5.69. The molecule has 7 aromatic carbocycles. The van der Waals surface area contributed by atoms with Crippen LogP contribution < -0.4 is 0 Å². The van der Waals surface area contributed by atoms with E-state index in [1.165, 1.54) is 6.92 Å². The van der Waals surface area contributed by atoms with E-state index >= 15 is 0 Å². The van der Waals surface area contributed by atoms with E-state index < -0.39 is 98.1 Å². The van der Waals surface area contributed by atoms with Crippen LogP contribution in [0.25, 0.3) is 0 Å². The van der Waals surface area contributed by atoms with E-state index in [-0.39, 0.29) is 65.2 Å². The molecule has 0 unspecified atom stereocenters. The van der Waals surface area contributed by atoms with E-state index in [0.29, 0.717) is 19.3 Å². The summed E-state index contributed by atoms with van der Waals surface area (Å²) in [6.45, 7) is 8.67. The number of benzene rings is 7. The highest BCUT2D eigenvalue weighted by atomic mass is 16.8. The molecule has 3 heterocycles. The third-order valence-corrected chi connectivity index (χ3v) is 16.3. The van der Waals surface area contributed by atoms with Crippen molar-refractivity contribution in [1.29, 1.82) is 0 Å². The second kappa shape index (κ2) is 35.2. The van der Waals surface area contributed by atoms with Crippen molar-refractivity contribution in [1.82, 2.24) is 0 Å². The summed E-state index contributed by atoms with van der Waals surface area (Å²) in [4.78, 5) is 26.2. The minimum atomic E-state index is -1.23. The van der Waals surface area contributed by atoms with E-state index in [0.717, 1.165) is 38.9 Å². The molecule has 3 fully saturated rings. The first-order valence-corrected chi connectivity index (χ1v) is 31.8. The molecule has 91 heavy (non-hydrogen) atoms. The van der Waals surface area contributed by atoms with Gasteiger partial charge in [0.15, 0.2) is 25.0 Å². The Bertz CT molecular complexity index is 3170. The molecule has 482 valence electrons. The zero-order valence-corrected chi connectivity index (χ0v) is 52.4. The molecule has 7 aromatic rings. The standard InChI is InChI=1S/C75H86O16/c1-52-64(80-46-57-31-15-6-16-32-57)67(83-49-60-37-21-9-22-38-60)72(73(86-52)78-44-28-12-27-43-63(77)79-45-56-29-13-5-14-30-56)91-75-71(85-51-62-41-25-11-26-42-62)69(66(54(3)88-75)82-48-59-35-19-8-20-36-59)90-74-70(84-50-61-39-23-10-24-40-61)68(89-55(4)76)65(53(2)87-74)81-47-58-33-17-7-18-34-58/h5-11,13-26,29-42,52-54,64-75H,12,27-28,43-51H2,1-4H3/t52-,53-,54-,64-,65-,66-,67+,68+,69+,70+,71+,72+,73-,74-,75-/m0/s1. The van der Waals surface area contributed by atoms with Gasteiger partial charge < -0.3 is 66.3 Å². The fourth-order valence-electron chi connectivity index (χ4n) is 11.6. The molecule has 3 aliphatic rings. The van der Waals surface area contributed by atoms with Gasteiger partial charge in [0.25, 0.3) is 0 Å². The first-order chi connectivity index (χ1) is 44.6. The van der Waals surface area contributed by atoms with Crippen LogP contribution in [0.4, 0.5) is 0 Å². The summed E-state index contributed by atoms with van der Waals surface area (Å²) in [5, 5.41) is 0. The zero-order chi connectivity index (χ0) is 63.0. The molecular formula is C75H86O16. The summed E-state index contributed by atoms with van der Waals surface area (Å²) in [5.41, 5.74) is 6.43. The normalized spacial score (nSPS) is 26.6. The van der Waals surface area contributed by atoms with Crippen molar-refractivity contribution in [3.8, 4) is 0 Å². The average Bonchev–Trinajstić information content (AvgIpc) is 0.863. The first-order valence-electron chi connectivity index (χ1n) is 31.8. The van der Waals surface area contributed by atoms with Gasteiger partial charge in [0, 0.05) is 20.0 Å². The van der Waals surface area contributed by atoms with E-state index in [1.54, 1.807) is 0 Å². The van der Waals surface area contributed by atoms with E-state index in [9.17, 15) is 9.59 Å². The summed E-state index contributed by atoms with van der Waals surface area (Å²) in [5.74, 6) is -0.791. The molecule has 0 N–H and O–H groups in total.